The Bertz CT molecular complexity index is 1080. The predicted molar refractivity (Wildman–Crippen MR) is 123 cm³/mol. The zero-order valence-electron chi connectivity index (χ0n) is 17.9. The number of carbonyl (C=O) groups excluding carboxylic acids is 1. The smallest absolute Gasteiger partial charge is 0.329 e. The monoisotopic (exact) mass is 503 g/mol. The van der Waals surface area contributed by atoms with Crippen LogP contribution in [0.1, 0.15) is 36.7 Å². The number of aromatic nitrogens is 2. The van der Waals surface area contributed by atoms with Gasteiger partial charge in [0.15, 0.2) is 0 Å². The summed E-state index contributed by atoms with van der Waals surface area (Å²) < 4.78 is 7.62. The molecule has 9 heteroatoms. The van der Waals surface area contributed by atoms with Crippen molar-refractivity contribution >= 4 is 21.8 Å². The maximum Gasteiger partial charge on any atom is 0.329 e. The minimum absolute atomic E-state index is 0.0128. The molecule has 32 heavy (non-hydrogen) atoms. The fourth-order valence-electron chi connectivity index (χ4n) is 3.24. The topological polar surface area (TPSA) is 106 Å². The summed E-state index contributed by atoms with van der Waals surface area (Å²) in [4.78, 5) is 33.2. The fourth-order valence-corrected chi connectivity index (χ4v) is 3.50. The summed E-state index contributed by atoms with van der Waals surface area (Å²) in [5.41, 5.74) is 3.83. The van der Waals surface area contributed by atoms with Gasteiger partial charge < -0.3 is 14.8 Å². The number of rotatable bonds is 10. The number of nitrogens with zero attached hydrogens (tertiary/aromatic N) is 1. The molecule has 1 unspecified atom stereocenters. The quantitative estimate of drug-likeness (QED) is 0.365. The van der Waals surface area contributed by atoms with Crippen LogP contribution >= 0.6 is 15.9 Å². The molecule has 1 heterocycles. The third-order valence-corrected chi connectivity index (χ3v) is 5.36. The zero-order chi connectivity index (χ0) is 23.1. The van der Waals surface area contributed by atoms with Crippen molar-refractivity contribution in [3.8, 4) is 5.88 Å². The van der Waals surface area contributed by atoms with E-state index in [2.05, 4.69) is 26.4 Å². The van der Waals surface area contributed by atoms with Crippen molar-refractivity contribution in [3.63, 3.8) is 0 Å². The number of hydrogen-bond acceptors (Lipinski definition) is 5. The largest absolute Gasteiger partial charge is 0.493 e. The molecule has 0 aliphatic rings. The second kappa shape index (κ2) is 11.1. The van der Waals surface area contributed by atoms with Gasteiger partial charge in [-0.1, -0.05) is 72.2 Å². The summed E-state index contributed by atoms with van der Waals surface area (Å²) in [6, 6.07) is 16.0. The minimum atomic E-state index is -0.963. The van der Waals surface area contributed by atoms with Crippen LogP contribution in [-0.4, -0.2) is 20.6 Å². The Kier molecular flexibility index (Phi) is 8.26. The van der Waals surface area contributed by atoms with Crippen LogP contribution in [0, 0.1) is 5.92 Å². The molecule has 0 bridgehead atoms. The first kappa shape index (κ1) is 23.8. The van der Waals surface area contributed by atoms with Crippen molar-refractivity contribution < 1.29 is 19.5 Å². The van der Waals surface area contributed by atoms with Crippen molar-refractivity contribution in [1.82, 2.24) is 15.0 Å². The highest BCUT2D eigenvalue weighted by Gasteiger charge is 2.30. The number of H-pyrrole nitrogens is 1. The predicted octanol–water partition coefficient (Wildman–Crippen LogP) is 3.81. The number of hydroxylamine groups is 1. The first-order valence-corrected chi connectivity index (χ1v) is 11.0. The Morgan fingerprint density at radius 3 is 2.38 bits per heavy atom. The lowest BCUT2D eigenvalue weighted by atomic mass is 10.0. The number of carbonyl (C=O) groups is 1. The molecule has 0 radical (unpaired) electrons. The first-order chi connectivity index (χ1) is 15.4. The molecule has 0 fully saturated rings. The molecule has 3 aromatic rings. The van der Waals surface area contributed by atoms with E-state index >= 15 is 0 Å². The average molecular weight is 504 g/mol. The summed E-state index contributed by atoms with van der Waals surface area (Å²) in [5.74, 6) is -1.15. The van der Waals surface area contributed by atoms with Crippen LogP contribution in [0.3, 0.4) is 0 Å². The van der Waals surface area contributed by atoms with E-state index in [9.17, 15) is 14.7 Å². The molecule has 3 N–H and O–H groups in total. The molecule has 1 atom stereocenters. The SMILES string of the molecule is CC(C)C(C(=O)NOCc1ccccc1)n1c(O)c(COCc2ccc(Br)cc2)[nH]c1=O. The normalized spacial score (nSPS) is 12.1. The number of halogens is 1. The highest BCUT2D eigenvalue weighted by atomic mass is 79.9. The van der Waals surface area contributed by atoms with E-state index < -0.39 is 17.6 Å². The van der Waals surface area contributed by atoms with Gasteiger partial charge in [-0.05, 0) is 29.2 Å². The Morgan fingerprint density at radius 2 is 1.72 bits per heavy atom. The van der Waals surface area contributed by atoms with Crippen LogP contribution in [0.5, 0.6) is 5.88 Å². The summed E-state index contributed by atoms with van der Waals surface area (Å²) in [6.45, 7) is 4.04. The van der Waals surface area contributed by atoms with Gasteiger partial charge in [0, 0.05) is 4.47 Å². The van der Waals surface area contributed by atoms with Crippen LogP contribution in [0.15, 0.2) is 63.9 Å². The number of benzene rings is 2. The molecule has 1 amide bonds. The Hall–Kier alpha value is -2.88. The van der Waals surface area contributed by atoms with Gasteiger partial charge in [-0.25, -0.2) is 14.8 Å². The first-order valence-electron chi connectivity index (χ1n) is 10.2. The lowest BCUT2D eigenvalue weighted by Crippen LogP contribution is -2.39. The minimum Gasteiger partial charge on any atom is -0.493 e. The summed E-state index contributed by atoms with van der Waals surface area (Å²) in [7, 11) is 0. The van der Waals surface area contributed by atoms with Crippen molar-refractivity contribution in [2.75, 3.05) is 0 Å². The van der Waals surface area contributed by atoms with Gasteiger partial charge in [0.05, 0.1) is 19.8 Å². The number of ether oxygens (including phenoxy) is 1. The van der Waals surface area contributed by atoms with Crippen LogP contribution < -0.4 is 11.2 Å². The van der Waals surface area contributed by atoms with Gasteiger partial charge in [-0.3, -0.25) is 9.63 Å². The van der Waals surface area contributed by atoms with E-state index in [0.717, 1.165) is 20.2 Å². The van der Waals surface area contributed by atoms with Gasteiger partial charge >= 0.3 is 5.69 Å². The number of aromatic hydroxyl groups is 1. The standard InChI is InChI=1S/C23H26BrN3O5/c1-15(2)20(21(28)26-32-13-16-6-4-3-5-7-16)27-22(29)19(25-23(27)30)14-31-12-17-8-10-18(24)11-9-17/h3-11,15,20,29H,12-14H2,1-2H3,(H,25,30)(H,26,28). The second-order valence-corrected chi connectivity index (χ2v) is 8.57. The number of aromatic amines is 1. The molecule has 0 aliphatic carbocycles. The van der Waals surface area contributed by atoms with Gasteiger partial charge in [0.2, 0.25) is 5.88 Å². The lowest BCUT2D eigenvalue weighted by molar-refractivity contribution is -0.139. The maximum absolute atomic E-state index is 12.8. The van der Waals surface area contributed by atoms with Gasteiger partial charge in [0.25, 0.3) is 5.91 Å². The van der Waals surface area contributed by atoms with Crippen LogP contribution in [0.2, 0.25) is 0 Å². The Balaban J connectivity index is 1.65. The van der Waals surface area contributed by atoms with E-state index in [1.54, 1.807) is 13.8 Å². The van der Waals surface area contributed by atoms with Crippen molar-refractivity contribution in [2.24, 2.45) is 5.92 Å². The number of imidazole rings is 1. The van der Waals surface area contributed by atoms with E-state index in [1.165, 1.54) is 0 Å². The average Bonchev–Trinajstić information content (AvgIpc) is 3.04. The van der Waals surface area contributed by atoms with Gasteiger partial charge in [-0.15, -0.1) is 0 Å². The number of hydrogen-bond donors (Lipinski definition) is 3. The zero-order valence-corrected chi connectivity index (χ0v) is 19.5. The number of amides is 1. The molecule has 170 valence electrons. The van der Waals surface area contributed by atoms with Crippen LogP contribution in [0.4, 0.5) is 0 Å². The van der Waals surface area contributed by atoms with Crippen molar-refractivity contribution in [2.45, 2.75) is 39.7 Å². The van der Waals surface area contributed by atoms with E-state index in [0.29, 0.717) is 6.61 Å². The second-order valence-electron chi connectivity index (χ2n) is 7.65. The highest BCUT2D eigenvalue weighted by Crippen LogP contribution is 2.25. The highest BCUT2D eigenvalue weighted by molar-refractivity contribution is 9.10. The Morgan fingerprint density at radius 1 is 1.06 bits per heavy atom. The molecule has 1 aromatic heterocycles. The molecule has 0 spiro atoms. The molecule has 0 aliphatic heterocycles. The lowest BCUT2D eigenvalue weighted by Gasteiger charge is -2.21. The fraction of sp³-hybridized carbons (Fsp3) is 0.304. The molecule has 0 saturated carbocycles. The third-order valence-electron chi connectivity index (χ3n) is 4.84. The maximum atomic E-state index is 12.8. The van der Waals surface area contributed by atoms with E-state index in [4.69, 9.17) is 9.57 Å². The summed E-state index contributed by atoms with van der Waals surface area (Å²) in [6.07, 6.45) is 0. The Labute approximate surface area is 194 Å². The molecule has 8 nitrogen and oxygen atoms in total. The van der Waals surface area contributed by atoms with Crippen molar-refractivity contribution in [3.05, 3.63) is 86.4 Å². The number of nitrogens with one attached hydrogen (secondary N) is 2. The molecular formula is C23H26BrN3O5. The molecular weight excluding hydrogens is 478 g/mol. The van der Waals surface area contributed by atoms with Crippen LogP contribution in [0.25, 0.3) is 0 Å². The molecule has 0 saturated heterocycles. The van der Waals surface area contributed by atoms with Gasteiger partial charge in [0.1, 0.15) is 11.7 Å². The summed E-state index contributed by atoms with van der Waals surface area (Å²) in [5, 5.41) is 10.6. The third kappa shape index (κ3) is 6.09. The summed E-state index contributed by atoms with van der Waals surface area (Å²) >= 11 is 3.38. The van der Waals surface area contributed by atoms with E-state index in [1.807, 2.05) is 54.6 Å². The molecule has 2 aromatic carbocycles. The van der Waals surface area contributed by atoms with Crippen LogP contribution in [-0.2, 0) is 34.2 Å². The van der Waals surface area contributed by atoms with Crippen molar-refractivity contribution in [1.29, 1.82) is 0 Å². The van der Waals surface area contributed by atoms with E-state index in [-0.39, 0.29) is 30.7 Å². The molecule has 3 rings (SSSR count). The van der Waals surface area contributed by atoms with Gasteiger partial charge in [-0.2, -0.15) is 0 Å².